The van der Waals surface area contributed by atoms with E-state index in [1.807, 2.05) is 35.6 Å². The van der Waals surface area contributed by atoms with E-state index in [0.717, 1.165) is 66.7 Å². The van der Waals surface area contributed by atoms with Crippen molar-refractivity contribution in [3.05, 3.63) is 57.0 Å². The number of aromatic nitrogens is 4. The third-order valence-corrected chi connectivity index (χ3v) is 7.66. The van der Waals surface area contributed by atoms with E-state index in [1.165, 1.54) is 5.56 Å². The van der Waals surface area contributed by atoms with Crippen LogP contribution < -0.4 is 0 Å². The highest BCUT2D eigenvalue weighted by atomic mass is 35.5. The van der Waals surface area contributed by atoms with Gasteiger partial charge in [0.15, 0.2) is 0 Å². The lowest BCUT2D eigenvalue weighted by atomic mass is 9.81. The van der Waals surface area contributed by atoms with Gasteiger partial charge in [-0.15, -0.1) is 0 Å². The van der Waals surface area contributed by atoms with E-state index in [4.69, 9.17) is 28.3 Å². The maximum Gasteiger partial charge on any atom is 0.258 e. The van der Waals surface area contributed by atoms with Crippen molar-refractivity contribution in [1.82, 2.24) is 24.5 Å². The van der Waals surface area contributed by atoms with E-state index in [9.17, 15) is 4.79 Å². The Balaban J connectivity index is 1.43. The fourth-order valence-electron chi connectivity index (χ4n) is 5.79. The summed E-state index contributed by atoms with van der Waals surface area (Å²) in [5.41, 5.74) is 6.12. The highest BCUT2D eigenvalue weighted by Crippen LogP contribution is 2.47. The quantitative estimate of drug-likeness (QED) is 0.522. The number of hydrogen-bond acceptors (Lipinski definition) is 3. The second-order valence-electron chi connectivity index (χ2n) is 9.35. The minimum atomic E-state index is -0.00753. The second kappa shape index (κ2) is 7.35. The minimum Gasteiger partial charge on any atom is -0.327 e. The Morgan fingerprint density at radius 3 is 2.50 bits per heavy atom. The van der Waals surface area contributed by atoms with Crippen molar-refractivity contribution in [3.8, 4) is 11.3 Å². The molecule has 1 saturated heterocycles. The summed E-state index contributed by atoms with van der Waals surface area (Å²) in [4.78, 5) is 16.0. The molecule has 8 heteroatoms. The molecule has 2 atom stereocenters. The molecule has 6 rings (SSSR count). The second-order valence-corrected chi connectivity index (χ2v) is 10.2. The molecule has 32 heavy (non-hydrogen) atoms. The van der Waals surface area contributed by atoms with Gasteiger partial charge in [-0.25, -0.2) is 0 Å². The summed E-state index contributed by atoms with van der Waals surface area (Å²) in [5.74, 6) is 0.578. The summed E-state index contributed by atoms with van der Waals surface area (Å²) in [6.07, 6.45) is 7.89. The van der Waals surface area contributed by atoms with Crippen molar-refractivity contribution in [3.63, 3.8) is 0 Å². The molecule has 0 radical (unpaired) electrons. The Morgan fingerprint density at radius 2 is 1.78 bits per heavy atom. The summed E-state index contributed by atoms with van der Waals surface area (Å²) in [6.45, 7) is 0. The molecule has 2 aliphatic heterocycles. The lowest BCUT2D eigenvalue weighted by molar-refractivity contribution is 0.0390. The summed E-state index contributed by atoms with van der Waals surface area (Å²) < 4.78 is 3.81. The fourth-order valence-corrected chi connectivity index (χ4v) is 6.32. The highest BCUT2D eigenvalue weighted by molar-refractivity contribution is 6.35. The molecule has 1 saturated carbocycles. The molecule has 4 heterocycles. The van der Waals surface area contributed by atoms with Crippen LogP contribution in [0.2, 0.25) is 10.0 Å². The largest absolute Gasteiger partial charge is 0.327 e. The minimum absolute atomic E-state index is 0.00753. The van der Waals surface area contributed by atoms with Crippen LogP contribution in [0.15, 0.2) is 24.4 Å². The van der Waals surface area contributed by atoms with Crippen LogP contribution >= 0.6 is 23.2 Å². The molecule has 166 valence electrons. The summed E-state index contributed by atoms with van der Waals surface area (Å²) >= 11 is 12.6. The van der Waals surface area contributed by atoms with E-state index in [-0.39, 0.29) is 18.0 Å². The molecule has 2 bridgehead atoms. The van der Waals surface area contributed by atoms with Gasteiger partial charge in [0.25, 0.3) is 5.91 Å². The molecule has 1 aliphatic carbocycles. The van der Waals surface area contributed by atoms with Gasteiger partial charge in [-0.2, -0.15) is 10.2 Å². The maximum absolute atomic E-state index is 13.8. The average molecular weight is 470 g/mol. The standard InChI is InChI=1S/C24H25Cl2N5O/c1-29-22(13-6-7-13)19(12-27-29)24(32)31-17-4-3-5-20(31)21-18(11-17)23(30(2)28-21)14-8-15(25)10-16(26)9-14/h8-10,12-13,17,20H,3-7,11H2,1-2H3/t17-,20+/m1/s1. The number of carbonyl (C=O) groups excluding carboxylic acids is 1. The van der Waals surface area contributed by atoms with Crippen LogP contribution in [0.1, 0.15) is 71.4 Å². The third kappa shape index (κ3) is 3.11. The molecule has 0 N–H and O–H groups in total. The van der Waals surface area contributed by atoms with Crippen molar-refractivity contribution in [2.24, 2.45) is 14.1 Å². The summed E-state index contributed by atoms with van der Waals surface area (Å²) in [7, 11) is 3.91. The Kier molecular flexibility index (Phi) is 4.67. The van der Waals surface area contributed by atoms with Gasteiger partial charge in [-0.05, 0) is 56.7 Å². The predicted octanol–water partition coefficient (Wildman–Crippen LogP) is 5.30. The Labute approximate surface area is 197 Å². The predicted molar refractivity (Wildman–Crippen MR) is 124 cm³/mol. The fraction of sp³-hybridized carbons (Fsp3) is 0.458. The van der Waals surface area contributed by atoms with E-state index in [0.29, 0.717) is 16.0 Å². The Morgan fingerprint density at radius 1 is 1.03 bits per heavy atom. The normalized spacial score (nSPS) is 22.2. The first-order chi connectivity index (χ1) is 15.4. The third-order valence-electron chi connectivity index (χ3n) is 7.23. The SMILES string of the molecule is Cn1nc2c(c1-c1cc(Cl)cc(Cl)c1)C[C@H]1CCC[C@@H]2N1C(=O)c1cnn(C)c1C1CC1. The lowest BCUT2D eigenvalue weighted by Crippen LogP contribution is -2.50. The Bertz CT molecular complexity index is 1220. The zero-order valence-electron chi connectivity index (χ0n) is 18.2. The molecular formula is C24H25Cl2N5O. The smallest absolute Gasteiger partial charge is 0.258 e. The zero-order chi connectivity index (χ0) is 22.1. The summed E-state index contributed by atoms with van der Waals surface area (Å²) in [6, 6.07) is 5.78. The molecule has 1 aromatic carbocycles. The van der Waals surface area contributed by atoms with Gasteiger partial charge < -0.3 is 4.90 Å². The van der Waals surface area contributed by atoms with E-state index >= 15 is 0 Å². The topological polar surface area (TPSA) is 56.0 Å². The maximum atomic E-state index is 13.8. The number of aryl methyl sites for hydroxylation is 2. The van der Waals surface area contributed by atoms with Gasteiger partial charge >= 0.3 is 0 Å². The van der Waals surface area contributed by atoms with Crippen LogP contribution in [0.4, 0.5) is 0 Å². The molecule has 3 aromatic rings. The van der Waals surface area contributed by atoms with E-state index < -0.39 is 0 Å². The number of nitrogens with zero attached hydrogens (tertiary/aromatic N) is 5. The number of amides is 1. The van der Waals surface area contributed by atoms with E-state index in [1.54, 1.807) is 12.3 Å². The van der Waals surface area contributed by atoms with Crippen molar-refractivity contribution in [2.75, 3.05) is 0 Å². The van der Waals surface area contributed by atoms with Crippen LogP contribution in [0.5, 0.6) is 0 Å². The number of rotatable bonds is 3. The highest BCUT2D eigenvalue weighted by Gasteiger charge is 2.45. The zero-order valence-corrected chi connectivity index (χ0v) is 19.7. The first kappa shape index (κ1) is 20.3. The van der Waals surface area contributed by atoms with Gasteiger partial charge in [-0.3, -0.25) is 14.2 Å². The first-order valence-electron chi connectivity index (χ1n) is 11.3. The molecule has 6 nitrogen and oxygen atoms in total. The molecule has 3 aliphatic rings. The van der Waals surface area contributed by atoms with Gasteiger partial charge in [0.2, 0.25) is 0 Å². The van der Waals surface area contributed by atoms with Crippen LogP contribution in [-0.2, 0) is 20.5 Å². The number of halogens is 2. The van der Waals surface area contributed by atoms with Crippen molar-refractivity contribution in [1.29, 1.82) is 0 Å². The van der Waals surface area contributed by atoms with Gasteiger partial charge in [-0.1, -0.05) is 23.2 Å². The van der Waals surface area contributed by atoms with Crippen LogP contribution in [0.25, 0.3) is 11.3 Å². The van der Waals surface area contributed by atoms with Gasteiger partial charge in [0, 0.05) is 47.2 Å². The van der Waals surface area contributed by atoms with Crippen molar-refractivity contribution < 1.29 is 4.79 Å². The number of benzene rings is 1. The van der Waals surface area contributed by atoms with E-state index in [2.05, 4.69) is 10.00 Å². The molecule has 1 amide bonds. The van der Waals surface area contributed by atoms with Gasteiger partial charge in [0.05, 0.1) is 34.9 Å². The number of hydrogen-bond donors (Lipinski definition) is 0. The number of fused-ring (bicyclic) bond motifs is 4. The molecule has 2 fully saturated rings. The Hall–Kier alpha value is -2.31. The first-order valence-corrected chi connectivity index (χ1v) is 12.0. The van der Waals surface area contributed by atoms with Gasteiger partial charge in [0.1, 0.15) is 0 Å². The molecule has 0 unspecified atom stereocenters. The van der Waals surface area contributed by atoms with Crippen LogP contribution in [-0.4, -0.2) is 36.4 Å². The van der Waals surface area contributed by atoms with Crippen molar-refractivity contribution in [2.45, 2.75) is 56.5 Å². The van der Waals surface area contributed by atoms with Crippen molar-refractivity contribution >= 4 is 29.1 Å². The van der Waals surface area contributed by atoms with Crippen LogP contribution in [0.3, 0.4) is 0 Å². The molecule has 0 spiro atoms. The number of piperidine rings is 1. The van der Waals surface area contributed by atoms with Crippen LogP contribution in [0, 0.1) is 0 Å². The lowest BCUT2D eigenvalue weighted by Gasteiger charge is -2.45. The summed E-state index contributed by atoms with van der Waals surface area (Å²) in [5, 5.41) is 10.6. The monoisotopic (exact) mass is 469 g/mol. The number of carbonyl (C=O) groups is 1. The molecule has 2 aromatic heterocycles. The average Bonchev–Trinajstić information content (AvgIpc) is 3.42. The molecular weight excluding hydrogens is 445 g/mol.